The lowest BCUT2D eigenvalue weighted by atomic mass is 10.2. The van der Waals surface area contributed by atoms with E-state index in [9.17, 15) is 9.59 Å². The topological polar surface area (TPSA) is 70.4 Å². The van der Waals surface area contributed by atoms with E-state index in [0.29, 0.717) is 16.0 Å². The fraction of sp³-hybridized carbons (Fsp3) is 0.583. The molecule has 1 atom stereocenters. The van der Waals surface area contributed by atoms with Gasteiger partial charge in [0.1, 0.15) is 0 Å². The molecule has 2 heterocycles. The van der Waals surface area contributed by atoms with Crippen LogP contribution in [0.15, 0.2) is 20.4 Å². The molecule has 1 unspecified atom stereocenters. The molecule has 1 aromatic heterocycles. The number of hydrogen-bond donors (Lipinski definition) is 0. The van der Waals surface area contributed by atoms with Crippen LogP contribution in [0.25, 0.3) is 0 Å². The number of halogens is 1. The summed E-state index contributed by atoms with van der Waals surface area (Å²) >= 11 is 4.48. The molecule has 0 bridgehead atoms. The third-order valence-electron chi connectivity index (χ3n) is 2.91. The van der Waals surface area contributed by atoms with Gasteiger partial charge in [0.05, 0.1) is 23.5 Å². The highest BCUT2D eigenvalue weighted by atomic mass is 79.9. The fourth-order valence-corrected chi connectivity index (χ4v) is 3.20. The molecular weight excluding hydrogens is 348 g/mol. The van der Waals surface area contributed by atoms with E-state index in [4.69, 9.17) is 4.74 Å². The second kappa shape index (κ2) is 7.24. The smallest absolute Gasteiger partial charge is 0.315 e. The lowest BCUT2D eigenvalue weighted by molar-refractivity contribution is -0.137. The minimum absolute atomic E-state index is 0.139. The average Bonchev–Trinajstić information content (AvgIpc) is 2.49. The van der Waals surface area contributed by atoms with Gasteiger partial charge in [-0.3, -0.25) is 9.59 Å². The molecule has 20 heavy (non-hydrogen) atoms. The molecule has 0 aliphatic carbocycles. The van der Waals surface area contributed by atoms with Gasteiger partial charge in [-0.1, -0.05) is 0 Å². The van der Waals surface area contributed by atoms with Gasteiger partial charge in [0.2, 0.25) is 0 Å². The third kappa shape index (κ3) is 3.62. The van der Waals surface area contributed by atoms with Gasteiger partial charge in [-0.15, -0.1) is 11.8 Å². The van der Waals surface area contributed by atoms with Crippen molar-refractivity contribution in [1.82, 2.24) is 9.78 Å². The Morgan fingerprint density at radius 1 is 1.65 bits per heavy atom. The Bertz CT molecular complexity index is 543. The van der Waals surface area contributed by atoms with Crippen molar-refractivity contribution < 1.29 is 14.3 Å². The molecule has 1 aliphatic rings. The van der Waals surface area contributed by atoms with E-state index in [0.717, 1.165) is 19.3 Å². The summed E-state index contributed by atoms with van der Waals surface area (Å²) in [5, 5.41) is 4.14. The highest BCUT2D eigenvalue weighted by Crippen LogP contribution is 2.26. The van der Waals surface area contributed by atoms with Crippen molar-refractivity contribution in [2.45, 2.75) is 30.4 Å². The maximum Gasteiger partial charge on any atom is 0.315 e. The minimum atomic E-state index is -0.346. The number of ether oxygens (including phenoxy) is 2. The predicted molar refractivity (Wildman–Crippen MR) is 77.8 cm³/mol. The van der Waals surface area contributed by atoms with Gasteiger partial charge >= 0.3 is 5.97 Å². The Labute approximate surface area is 129 Å². The number of nitrogens with zero attached hydrogens (tertiary/aromatic N) is 2. The Kier molecular flexibility index (Phi) is 5.62. The molecule has 0 radical (unpaired) electrons. The molecule has 1 aliphatic heterocycles. The summed E-state index contributed by atoms with van der Waals surface area (Å²) in [4.78, 5) is 24.0. The van der Waals surface area contributed by atoms with Gasteiger partial charge in [-0.2, -0.15) is 9.78 Å². The standard InChI is InChI=1S/C12H15BrN2O4S/c1-18-10(16)7-20-8-6-14-15(12(17)11(8)13)9-4-2-3-5-19-9/h6,9H,2-5,7H2,1H3. The molecule has 0 aromatic carbocycles. The maximum atomic E-state index is 12.2. The van der Waals surface area contributed by atoms with Crippen molar-refractivity contribution in [3.8, 4) is 0 Å². The van der Waals surface area contributed by atoms with Crippen LogP contribution in [0.4, 0.5) is 0 Å². The Hall–Kier alpha value is -0.860. The van der Waals surface area contributed by atoms with Gasteiger partial charge in [0.15, 0.2) is 6.23 Å². The van der Waals surface area contributed by atoms with E-state index < -0.39 is 0 Å². The van der Waals surface area contributed by atoms with Crippen molar-refractivity contribution in [1.29, 1.82) is 0 Å². The molecule has 110 valence electrons. The monoisotopic (exact) mass is 362 g/mol. The molecule has 1 saturated heterocycles. The molecule has 1 fully saturated rings. The first-order valence-electron chi connectivity index (χ1n) is 6.22. The van der Waals surface area contributed by atoms with Crippen LogP contribution >= 0.6 is 27.7 Å². The average molecular weight is 363 g/mol. The van der Waals surface area contributed by atoms with E-state index in [1.54, 1.807) is 6.20 Å². The van der Waals surface area contributed by atoms with Crippen molar-refractivity contribution in [3.63, 3.8) is 0 Å². The van der Waals surface area contributed by atoms with Crippen LogP contribution in [-0.2, 0) is 14.3 Å². The van der Waals surface area contributed by atoms with E-state index in [1.807, 2.05) is 0 Å². The Morgan fingerprint density at radius 3 is 3.10 bits per heavy atom. The summed E-state index contributed by atoms with van der Waals surface area (Å²) in [6.45, 7) is 0.648. The molecule has 6 nitrogen and oxygen atoms in total. The first-order chi connectivity index (χ1) is 9.63. The first-order valence-corrected chi connectivity index (χ1v) is 8.00. The lowest BCUT2D eigenvalue weighted by Crippen LogP contribution is -2.31. The maximum absolute atomic E-state index is 12.2. The fourth-order valence-electron chi connectivity index (χ4n) is 1.85. The number of aromatic nitrogens is 2. The van der Waals surface area contributed by atoms with Gasteiger partial charge in [-0.05, 0) is 35.2 Å². The number of esters is 1. The molecular formula is C12H15BrN2O4S. The number of rotatable bonds is 4. The summed E-state index contributed by atoms with van der Waals surface area (Å²) in [7, 11) is 1.33. The molecule has 0 saturated carbocycles. The summed E-state index contributed by atoms with van der Waals surface area (Å²) in [6, 6.07) is 0. The molecule has 1 aromatic rings. The van der Waals surface area contributed by atoms with Crippen LogP contribution < -0.4 is 5.56 Å². The molecule has 0 N–H and O–H groups in total. The highest BCUT2D eigenvalue weighted by molar-refractivity contribution is 9.10. The van der Waals surface area contributed by atoms with Crippen LogP contribution in [0.5, 0.6) is 0 Å². The summed E-state index contributed by atoms with van der Waals surface area (Å²) < 4.78 is 11.9. The minimum Gasteiger partial charge on any atom is -0.468 e. The van der Waals surface area contributed by atoms with E-state index in [-0.39, 0.29) is 23.5 Å². The quantitative estimate of drug-likeness (QED) is 0.602. The van der Waals surface area contributed by atoms with Gasteiger partial charge in [0.25, 0.3) is 5.56 Å². The lowest BCUT2D eigenvalue weighted by Gasteiger charge is -2.23. The Morgan fingerprint density at radius 2 is 2.45 bits per heavy atom. The summed E-state index contributed by atoms with van der Waals surface area (Å²) in [5.74, 6) is -0.207. The normalized spacial score (nSPS) is 18.8. The van der Waals surface area contributed by atoms with Crippen LogP contribution in [0.2, 0.25) is 0 Å². The summed E-state index contributed by atoms with van der Waals surface area (Å²) in [6.07, 6.45) is 4.09. The molecule has 8 heteroatoms. The van der Waals surface area contributed by atoms with Gasteiger partial charge in [-0.25, -0.2) is 0 Å². The number of hydrogen-bond acceptors (Lipinski definition) is 6. The second-order valence-corrected chi connectivity index (χ2v) is 6.07. The molecule has 0 spiro atoms. The number of carbonyl (C=O) groups excluding carboxylic acids is 1. The third-order valence-corrected chi connectivity index (χ3v) is 4.94. The number of carbonyl (C=O) groups is 1. The first kappa shape index (κ1) is 15.5. The Balaban J connectivity index is 2.16. The summed E-state index contributed by atoms with van der Waals surface area (Å²) in [5.41, 5.74) is -0.244. The van der Waals surface area contributed by atoms with E-state index >= 15 is 0 Å². The zero-order valence-corrected chi connectivity index (χ0v) is 13.4. The van der Waals surface area contributed by atoms with Crippen molar-refractivity contribution in [2.24, 2.45) is 0 Å². The number of methoxy groups -OCH3 is 1. The van der Waals surface area contributed by atoms with Crippen LogP contribution in [0.3, 0.4) is 0 Å². The molecule has 0 amide bonds. The van der Waals surface area contributed by atoms with Crippen LogP contribution in [0, 0.1) is 0 Å². The number of thioether (sulfide) groups is 1. The SMILES string of the molecule is COC(=O)CSc1cnn(C2CCCCO2)c(=O)c1Br. The largest absolute Gasteiger partial charge is 0.468 e. The predicted octanol–water partition coefficient (Wildman–Crippen LogP) is 1.97. The van der Waals surface area contributed by atoms with Crippen LogP contribution in [0.1, 0.15) is 25.5 Å². The van der Waals surface area contributed by atoms with Crippen molar-refractivity contribution in [3.05, 3.63) is 21.0 Å². The van der Waals surface area contributed by atoms with Crippen molar-refractivity contribution >= 4 is 33.7 Å². The zero-order chi connectivity index (χ0) is 14.5. The second-order valence-electron chi connectivity index (χ2n) is 4.26. The van der Waals surface area contributed by atoms with E-state index in [1.165, 1.54) is 23.6 Å². The zero-order valence-electron chi connectivity index (χ0n) is 11.0. The van der Waals surface area contributed by atoms with Gasteiger partial charge in [0, 0.05) is 11.5 Å². The van der Waals surface area contributed by atoms with E-state index in [2.05, 4.69) is 25.8 Å². The highest BCUT2D eigenvalue weighted by Gasteiger charge is 2.20. The van der Waals surface area contributed by atoms with Crippen LogP contribution in [-0.4, -0.2) is 35.2 Å². The van der Waals surface area contributed by atoms with Gasteiger partial charge < -0.3 is 9.47 Å². The molecule has 2 rings (SSSR count). The van der Waals surface area contributed by atoms with Crippen molar-refractivity contribution in [2.75, 3.05) is 19.5 Å².